The summed E-state index contributed by atoms with van der Waals surface area (Å²) in [6, 6.07) is 12.2. The van der Waals surface area contributed by atoms with Gasteiger partial charge in [0, 0.05) is 42.4 Å². The molecule has 0 saturated carbocycles. The summed E-state index contributed by atoms with van der Waals surface area (Å²) in [5.74, 6) is 2.66. The lowest BCUT2D eigenvalue weighted by atomic mass is 10.3. The van der Waals surface area contributed by atoms with Gasteiger partial charge in [0.25, 0.3) is 0 Å². The fourth-order valence-electron chi connectivity index (χ4n) is 4.70. The van der Waals surface area contributed by atoms with Crippen molar-refractivity contribution in [1.82, 2.24) is 29.9 Å². The van der Waals surface area contributed by atoms with Crippen LogP contribution in [0.15, 0.2) is 71.2 Å². The van der Waals surface area contributed by atoms with Crippen LogP contribution in [0.25, 0.3) is 22.1 Å². The summed E-state index contributed by atoms with van der Waals surface area (Å²) in [6.07, 6.45) is 3.17. The number of H-pyrrole nitrogens is 2. The van der Waals surface area contributed by atoms with Gasteiger partial charge in [0.15, 0.2) is 33.3 Å². The van der Waals surface area contributed by atoms with E-state index in [9.17, 15) is 21.8 Å². The number of halogens is 4. The number of ether oxygens (including phenoxy) is 6. The van der Waals surface area contributed by atoms with Crippen molar-refractivity contribution < 1.29 is 50.2 Å². The van der Waals surface area contributed by atoms with Gasteiger partial charge in [-0.1, -0.05) is 11.8 Å². The number of alkyl halides is 4. The van der Waals surface area contributed by atoms with Crippen molar-refractivity contribution in [2.75, 3.05) is 28.4 Å². The minimum atomic E-state index is -2.92. The Kier molecular flexibility index (Phi) is 12.4. The smallest absolute Gasteiger partial charge is 0.387 e. The molecule has 4 aromatic heterocycles. The molecule has 0 bridgehead atoms. The third-order valence-corrected chi connectivity index (χ3v) is 8.92. The number of nitrogens with one attached hydrogen (secondary N) is 2. The van der Waals surface area contributed by atoms with Gasteiger partial charge in [-0.05, 0) is 24.3 Å². The van der Waals surface area contributed by atoms with E-state index in [0.717, 1.165) is 0 Å². The van der Waals surface area contributed by atoms with Crippen molar-refractivity contribution in [2.24, 2.45) is 0 Å². The first-order valence-electron chi connectivity index (χ1n) is 14.6. The molecule has 4 heterocycles. The van der Waals surface area contributed by atoms with Gasteiger partial charge in [-0.3, -0.25) is 14.2 Å². The zero-order valence-electron chi connectivity index (χ0n) is 27.3. The largest absolute Gasteiger partial charge is 0.493 e. The van der Waals surface area contributed by atoms with Crippen LogP contribution in [-0.4, -0.2) is 75.8 Å². The van der Waals surface area contributed by atoms with Crippen LogP contribution in [0.3, 0.4) is 0 Å². The monoisotopic (exact) mass is 750 g/mol. The Hall–Kier alpha value is -5.30. The molecule has 0 aliphatic rings. The minimum absolute atomic E-state index is 0.00962. The Balaban J connectivity index is 0.000000198. The van der Waals surface area contributed by atoms with Crippen LogP contribution >= 0.6 is 11.8 Å². The number of fused-ring (bicyclic) bond motifs is 2. The van der Waals surface area contributed by atoms with Crippen molar-refractivity contribution in [1.29, 1.82) is 0 Å². The topological polar surface area (TPSA) is 156 Å². The number of aromatic nitrogens is 6. The molecule has 19 heteroatoms. The van der Waals surface area contributed by atoms with Gasteiger partial charge in [-0.2, -0.15) is 17.6 Å². The van der Waals surface area contributed by atoms with E-state index in [2.05, 4.69) is 39.4 Å². The Labute approximate surface area is 294 Å². The summed E-state index contributed by atoms with van der Waals surface area (Å²) in [7, 11) is 4.52. The number of pyridine rings is 2. The molecule has 0 fully saturated rings. The van der Waals surface area contributed by atoms with Gasteiger partial charge in [0.1, 0.15) is 11.5 Å². The highest BCUT2D eigenvalue weighted by Gasteiger charge is 2.18. The number of nitrogens with zero attached hydrogens (tertiary/aromatic N) is 4. The molecule has 0 aliphatic carbocycles. The normalized spacial score (nSPS) is 11.7. The maximum absolute atomic E-state index is 12.6. The zero-order chi connectivity index (χ0) is 36.5. The Bertz CT molecular complexity index is 2120. The van der Waals surface area contributed by atoms with Crippen molar-refractivity contribution in [3.63, 3.8) is 0 Å². The fourth-order valence-corrected chi connectivity index (χ4v) is 6.53. The summed E-state index contributed by atoms with van der Waals surface area (Å²) in [4.78, 5) is 23.1. The lowest BCUT2D eigenvalue weighted by molar-refractivity contribution is -0.0504. The summed E-state index contributed by atoms with van der Waals surface area (Å²) in [5, 5.41) is 0.830. The van der Waals surface area contributed by atoms with Crippen LogP contribution < -0.4 is 28.4 Å². The van der Waals surface area contributed by atoms with Crippen molar-refractivity contribution in [3.05, 3.63) is 72.3 Å². The van der Waals surface area contributed by atoms with E-state index >= 15 is 0 Å². The minimum Gasteiger partial charge on any atom is -0.493 e. The average Bonchev–Trinajstić information content (AvgIpc) is 3.73. The van der Waals surface area contributed by atoms with Gasteiger partial charge in [-0.15, -0.1) is 0 Å². The lowest BCUT2D eigenvalue weighted by Gasteiger charge is -2.10. The predicted molar refractivity (Wildman–Crippen MR) is 180 cm³/mol. The number of thioether (sulfide) groups is 1. The maximum Gasteiger partial charge on any atom is 0.387 e. The highest BCUT2D eigenvalue weighted by Crippen LogP contribution is 2.34. The molecule has 1 unspecified atom stereocenters. The summed E-state index contributed by atoms with van der Waals surface area (Å²) < 4.78 is 91.6. The molecular formula is C32H30F4N6O7S2. The van der Waals surface area contributed by atoms with Gasteiger partial charge >= 0.3 is 13.2 Å². The van der Waals surface area contributed by atoms with E-state index in [4.69, 9.17) is 18.9 Å². The van der Waals surface area contributed by atoms with Gasteiger partial charge < -0.3 is 38.4 Å². The molecule has 0 radical (unpaired) electrons. The first-order valence-corrected chi connectivity index (χ1v) is 16.9. The van der Waals surface area contributed by atoms with Crippen LogP contribution in [0.1, 0.15) is 11.4 Å². The van der Waals surface area contributed by atoms with E-state index in [-0.39, 0.29) is 22.4 Å². The lowest BCUT2D eigenvalue weighted by Crippen LogP contribution is -2.04. The quantitative estimate of drug-likeness (QED) is 0.0894. The molecule has 6 aromatic rings. The van der Waals surface area contributed by atoms with Crippen molar-refractivity contribution >= 4 is 44.6 Å². The maximum atomic E-state index is 12.6. The Morgan fingerprint density at radius 1 is 0.706 bits per heavy atom. The summed E-state index contributed by atoms with van der Waals surface area (Å²) >= 11 is 1.41. The van der Waals surface area contributed by atoms with E-state index in [1.807, 2.05) is 0 Å². The number of hydrogen-bond donors (Lipinski definition) is 2. The van der Waals surface area contributed by atoms with E-state index in [1.54, 1.807) is 38.6 Å². The number of methoxy groups -OCH3 is 4. The molecule has 2 N–H and O–H groups in total. The first-order chi connectivity index (χ1) is 24.6. The zero-order valence-corrected chi connectivity index (χ0v) is 29.0. The summed E-state index contributed by atoms with van der Waals surface area (Å²) in [6.45, 7) is -5.78. The fraction of sp³-hybridized carbons (Fsp3) is 0.250. The molecule has 0 aliphatic heterocycles. The van der Waals surface area contributed by atoms with E-state index < -0.39 is 24.0 Å². The van der Waals surface area contributed by atoms with Crippen LogP contribution in [0.4, 0.5) is 17.6 Å². The van der Waals surface area contributed by atoms with Crippen LogP contribution in [0.2, 0.25) is 0 Å². The third kappa shape index (κ3) is 9.28. The van der Waals surface area contributed by atoms with Gasteiger partial charge in [0.05, 0.1) is 78.4 Å². The molecule has 2 aromatic carbocycles. The van der Waals surface area contributed by atoms with Crippen molar-refractivity contribution in [3.8, 4) is 34.5 Å². The average molecular weight is 751 g/mol. The number of benzene rings is 2. The van der Waals surface area contributed by atoms with Crippen LogP contribution in [-0.2, 0) is 22.3 Å². The molecule has 270 valence electrons. The molecule has 0 amide bonds. The van der Waals surface area contributed by atoms with Crippen LogP contribution in [0, 0.1) is 0 Å². The van der Waals surface area contributed by atoms with Gasteiger partial charge in [-0.25, -0.2) is 9.97 Å². The number of imidazole rings is 2. The standard InChI is InChI=1S/C16H15F2N3O4S.C16H15F2N3O3S/c1-23-13-5-6-19-12(14(13)24-2)8-26(22)16-20-10-4-3-9(25-15(17)18)7-11(10)21-16;1-22-13-5-6-19-12(14(13)23-2)8-25-16-20-10-4-3-9(24-15(17)18)7-11(10)21-16/h3-7,15H,8H2,1-2H3,(H,20,21);3-7,15H,8H2,1-2H3,(H,20,21). The van der Waals surface area contributed by atoms with Gasteiger partial charge in [0.2, 0.25) is 0 Å². The molecule has 0 saturated heterocycles. The molecule has 6 rings (SSSR count). The highest BCUT2D eigenvalue weighted by molar-refractivity contribution is 7.98. The molecule has 51 heavy (non-hydrogen) atoms. The Morgan fingerprint density at radius 2 is 1.24 bits per heavy atom. The summed E-state index contributed by atoms with van der Waals surface area (Å²) in [5.41, 5.74) is 3.37. The Morgan fingerprint density at radius 3 is 1.78 bits per heavy atom. The van der Waals surface area contributed by atoms with E-state index in [1.165, 1.54) is 62.5 Å². The number of aromatic amines is 2. The third-order valence-electron chi connectivity index (χ3n) is 6.88. The molecule has 0 spiro atoms. The SMILES string of the molecule is COc1ccnc(CS(=O)c2nc3ccc(OC(F)F)cc3[nH]2)c1OC.COc1ccnc(CSc2nc3ccc(OC(F)F)cc3[nH]2)c1OC. The molecule has 13 nitrogen and oxygen atoms in total. The van der Waals surface area contributed by atoms with E-state index in [0.29, 0.717) is 67.4 Å². The second kappa shape index (κ2) is 17.1. The predicted octanol–water partition coefficient (Wildman–Crippen LogP) is 6.75. The second-order valence-electron chi connectivity index (χ2n) is 9.96. The highest BCUT2D eigenvalue weighted by atomic mass is 32.2. The van der Waals surface area contributed by atoms with Crippen molar-refractivity contribution in [2.45, 2.75) is 35.0 Å². The first kappa shape index (κ1) is 37.0. The van der Waals surface area contributed by atoms with Crippen LogP contribution in [0.5, 0.6) is 34.5 Å². The number of rotatable bonds is 14. The number of hydrogen-bond acceptors (Lipinski definition) is 12. The molecule has 1 atom stereocenters. The second-order valence-corrected chi connectivity index (χ2v) is 12.3. The molecular weight excluding hydrogens is 721 g/mol.